The maximum absolute atomic E-state index is 12.3. The molecule has 166 valence electrons. The average molecular weight is 540 g/mol. The van der Waals surface area contributed by atoms with Crippen LogP contribution in [0.3, 0.4) is 0 Å². The molecule has 8 nitrogen and oxygen atoms in total. The van der Waals surface area contributed by atoms with Crippen molar-refractivity contribution < 1.29 is 17.9 Å². The van der Waals surface area contributed by atoms with Gasteiger partial charge in [-0.3, -0.25) is 4.99 Å². The van der Waals surface area contributed by atoms with Gasteiger partial charge in [0.2, 0.25) is 0 Å². The molecule has 10 heteroatoms. The zero-order chi connectivity index (χ0) is 21.4. The normalized spacial score (nSPS) is 12.6. The van der Waals surface area contributed by atoms with Gasteiger partial charge >= 0.3 is 6.09 Å². The summed E-state index contributed by atoms with van der Waals surface area (Å²) in [7, 11) is -1.77. The Morgan fingerprint density at radius 2 is 1.66 bits per heavy atom. The van der Waals surface area contributed by atoms with Crippen molar-refractivity contribution in [2.45, 2.75) is 50.7 Å². The third kappa shape index (κ3) is 11.3. The van der Waals surface area contributed by atoms with E-state index in [-0.39, 0.29) is 36.3 Å². The number of nitrogens with zero attached hydrogens (tertiary/aromatic N) is 1. The number of halogens is 1. The van der Waals surface area contributed by atoms with Crippen LogP contribution in [0.2, 0.25) is 0 Å². The fourth-order valence-corrected chi connectivity index (χ4v) is 3.38. The minimum absolute atomic E-state index is 0. The minimum atomic E-state index is -3.36. The minimum Gasteiger partial charge on any atom is -0.444 e. The number of rotatable bonds is 7. The summed E-state index contributed by atoms with van der Waals surface area (Å²) in [6.45, 7) is 9.66. The lowest BCUT2D eigenvalue weighted by Gasteiger charge is -2.29. The molecule has 3 N–H and O–H groups in total. The van der Waals surface area contributed by atoms with Crippen LogP contribution in [0.25, 0.3) is 0 Å². The van der Waals surface area contributed by atoms with Crippen molar-refractivity contribution in [1.29, 1.82) is 0 Å². The first-order valence-corrected chi connectivity index (χ1v) is 10.7. The zero-order valence-electron chi connectivity index (χ0n) is 17.9. The molecular formula is C19H33IN4O4S. The number of carbonyl (C=O) groups is 1. The summed E-state index contributed by atoms with van der Waals surface area (Å²) < 4.78 is 29.8. The van der Waals surface area contributed by atoms with Crippen LogP contribution in [0, 0.1) is 0 Å². The van der Waals surface area contributed by atoms with E-state index in [0.717, 1.165) is 0 Å². The number of alkyl carbamates (subject to hydrolysis) is 1. The standard InChI is InChI=1S/C19H32N4O4S.HI/c1-18(2,3)27-17(24)23-19(4,5)14-22-16(20-6)21-12-13-28(25,26)15-10-8-7-9-11-15;/h7-11H,12-14H2,1-6H3,(H,23,24)(H2,20,21,22);1H. The Balaban J connectivity index is 0.00000784. The number of carbonyl (C=O) groups excluding carboxylic acids is 1. The highest BCUT2D eigenvalue weighted by Gasteiger charge is 2.24. The highest BCUT2D eigenvalue weighted by atomic mass is 127. The van der Waals surface area contributed by atoms with Gasteiger partial charge in [0.1, 0.15) is 5.60 Å². The van der Waals surface area contributed by atoms with Crippen LogP contribution < -0.4 is 16.0 Å². The third-order valence-electron chi connectivity index (χ3n) is 3.53. The molecule has 0 unspecified atom stereocenters. The molecule has 0 fully saturated rings. The molecule has 0 aliphatic rings. The van der Waals surface area contributed by atoms with Crippen LogP contribution in [0.1, 0.15) is 34.6 Å². The number of nitrogens with one attached hydrogen (secondary N) is 3. The van der Waals surface area contributed by atoms with E-state index in [1.165, 1.54) is 0 Å². The van der Waals surface area contributed by atoms with Crippen molar-refractivity contribution in [1.82, 2.24) is 16.0 Å². The number of benzene rings is 1. The number of aliphatic imine (C=N–C) groups is 1. The van der Waals surface area contributed by atoms with E-state index in [2.05, 4.69) is 20.9 Å². The molecule has 0 radical (unpaired) electrons. The maximum atomic E-state index is 12.3. The average Bonchev–Trinajstić information content (AvgIpc) is 2.56. The summed E-state index contributed by atoms with van der Waals surface area (Å²) in [5.41, 5.74) is -1.18. The van der Waals surface area contributed by atoms with E-state index in [1.807, 2.05) is 13.8 Å². The van der Waals surface area contributed by atoms with E-state index >= 15 is 0 Å². The molecule has 1 aromatic carbocycles. The van der Waals surface area contributed by atoms with Crippen molar-refractivity contribution in [3.8, 4) is 0 Å². The lowest BCUT2D eigenvalue weighted by molar-refractivity contribution is 0.0474. The highest BCUT2D eigenvalue weighted by Crippen LogP contribution is 2.10. The molecule has 0 saturated carbocycles. The van der Waals surface area contributed by atoms with Crippen molar-refractivity contribution in [2.24, 2.45) is 4.99 Å². The molecule has 0 aliphatic heterocycles. The van der Waals surface area contributed by atoms with Gasteiger partial charge < -0.3 is 20.7 Å². The molecule has 0 heterocycles. The highest BCUT2D eigenvalue weighted by molar-refractivity contribution is 14.0. The van der Waals surface area contributed by atoms with Gasteiger partial charge in [-0.1, -0.05) is 18.2 Å². The number of hydrogen-bond donors (Lipinski definition) is 3. The largest absolute Gasteiger partial charge is 0.444 e. The lowest BCUT2D eigenvalue weighted by atomic mass is 10.1. The van der Waals surface area contributed by atoms with Crippen molar-refractivity contribution >= 4 is 45.9 Å². The fourth-order valence-electron chi connectivity index (χ4n) is 2.20. The molecule has 0 atom stereocenters. The van der Waals surface area contributed by atoms with Crippen LogP contribution in [0.15, 0.2) is 40.2 Å². The van der Waals surface area contributed by atoms with Gasteiger partial charge in [-0.15, -0.1) is 24.0 Å². The van der Waals surface area contributed by atoms with Crippen LogP contribution in [-0.4, -0.2) is 57.5 Å². The zero-order valence-corrected chi connectivity index (χ0v) is 21.1. The Labute approximate surface area is 191 Å². The second-order valence-corrected chi connectivity index (χ2v) is 10.1. The second kappa shape index (κ2) is 11.6. The SMILES string of the molecule is CN=C(NCCS(=O)(=O)c1ccccc1)NCC(C)(C)NC(=O)OC(C)(C)C.I. The van der Waals surface area contributed by atoms with Crippen molar-refractivity contribution in [2.75, 3.05) is 25.9 Å². The number of guanidine groups is 1. The molecule has 1 amide bonds. The van der Waals surface area contributed by atoms with Crippen LogP contribution >= 0.6 is 24.0 Å². The van der Waals surface area contributed by atoms with Crippen molar-refractivity contribution in [3.63, 3.8) is 0 Å². The number of sulfone groups is 1. The van der Waals surface area contributed by atoms with E-state index in [4.69, 9.17) is 4.74 Å². The van der Waals surface area contributed by atoms with Crippen LogP contribution in [0.4, 0.5) is 4.79 Å². The van der Waals surface area contributed by atoms with E-state index in [0.29, 0.717) is 17.4 Å². The third-order valence-corrected chi connectivity index (χ3v) is 5.26. The summed E-state index contributed by atoms with van der Waals surface area (Å²) >= 11 is 0. The Morgan fingerprint density at radius 3 is 2.17 bits per heavy atom. The monoisotopic (exact) mass is 540 g/mol. The molecule has 1 rings (SSSR count). The maximum Gasteiger partial charge on any atom is 0.408 e. The lowest BCUT2D eigenvalue weighted by Crippen LogP contribution is -2.54. The molecule has 0 spiro atoms. The Morgan fingerprint density at radius 1 is 1.07 bits per heavy atom. The first kappa shape index (κ1) is 27.4. The summed E-state index contributed by atoms with van der Waals surface area (Å²) in [6.07, 6.45) is -0.504. The van der Waals surface area contributed by atoms with E-state index < -0.39 is 27.1 Å². The number of ether oxygens (including phenoxy) is 1. The molecule has 0 aliphatic carbocycles. The van der Waals surface area contributed by atoms with Gasteiger partial charge in [0.15, 0.2) is 15.8 Å². The second-order valence-electron chi connectivity index (χ2n) is 8.00. The Bertz CT molecular complexity index is 775. The molecule has 0 bridgehead atoms. The fraction of sp³-hybridized carbons (Fsp3) is 0.579. The van der Waals surface area contributed by atoms with Gasteiger partial charge in [-0.25, -0.2) is 13.2 Å². The predicted octanol–water partition coefficient (Wildman–Crippen LogP) is 2.55. The summed E-state index contributed by atoms with van der Waals surface area (Å²) in [5, 5.41) is 8.84. The summed E-state index contributed by atoms with van der Waals surface area (Å²) in [6, 6.07) is 8.32. The number of hydrogen-bond acceptors (Lipinski definition) is 5. The Hall–Kier alpha value is -1.56. The van der Waals surface area contributed by atoms with Gasteiger partial charge in [0.05, 0.1) is 16.2 Å². The van der Waals surface area contributed by atoms with Crippen molar-refractivity contribution in [3.05, 3.63) is 30.3 Å². The smallest absolute Gasteiger partial charge is 0.408 e. The molecule has 1 aromatic rings. The quantitative estimate of drug-likeness (QED) is 0.279. The van der Waals surface area contributed by atoms with Crippen LogP contribution in [-0.2, 0) is 14.6 Å². The van der Waals surface area contributed by atoms with Gasteiger partial charge in [-0.05, 0) is 46.8 Å². The molecule has 0 aromatic heterocycles. The number of amides is 1. The predicted molar refractivity (Wildman–Crippen MR) is 127 cm³/mol. The van der Waals surface area contributed by atoms with Gasteiger partial charge in [0, 0.05) is 20.1 Å². The summed E-state index contributed by atoms with van der Waals surface area (Å²) in [5.74, 6) is 0.388. The van der Waals surface area contributed by atoms with Gasteiger partial charge in [0.25, 0.3) is 0 Å². The molecular weight excluding hydrogens is 507 g/mol. The Kier molecular flexibility index (Phi) is 11.0. The molecule has 29 heavy (non-hydrogen) atoms. The van der Waals surface area contributed by atoms with E-state index in [1.54, 1.807) is 58.2 Å². The van der Waals surface area contributed by atoms with Crippen LogP contribution in [0.5, 0.6) is 0 Å². The van der Waals surface area contributed by atoms with E-state index in [9.17, 15) is 13.2 Å². The first-order chi connectivity index (χ1) is 12.8. The molecule has 0 saturated heterocycles. The topological polar surface area (TPSA) is 109 Å². The first-order valence-electron chi connectivity index (χ1n) is 9.08. The summed E-state index contributed by atoms with van der Waals surface area (Å²) in [4.78, 5) is 16.3. The van der Waals surface area contributed by atoms with Gasteiger partial charge in [-0.2, -0.15) is 0 Å².